The normalized spacial score (nSPS) is 15.2. The van der Waals surface area contributed by atoms with E-state index < -0.39 is 15.8 Å². The van der Waals surface area contributed by atoms with Crippen molar-refractivity contribution in [1.29, 1.82) is 0 Å². The summed E-state index contributed by atoms with van der Waals surface area (Å²) in [6, 6.07) is 3.32. The van der Waals surface area contributed by atoms with E-state index in [-0.39, 0.29) is 23.1 Å². The molecule has 21 heavy (non-hydrogen) atoms. The Morgan fingerprint density at radius 3 is 2.62 bits per heavy atom. The summed E-state index contributed by atoms with van der Waals surface area (Å²) in [7, 11) is -2.63. The number of amides is 1. The number of hydrogen-bond acceptors (Lipinski definition) is 4. The van der Waals surface area contributed by atoms with Crippen molar-refractivity contribution in [3.05, 3.63) is 24.0 Å². The van der Waals surface area contributed by atoms with Crippen molar-refractivity contribution < 1.29 is 22.3 Å². The van der Waals surface area contributed by atoms with Gasteiger partial charge >= 0.3 is 0 Å². The molecule has 8 heteroatoms. The van der Waals surface area contributed by atoms with E-state index in [0.717, 1.165) is 18.9 Å². The topological polar surface area (TPSA) is 75.7 Å². The zero-order valence-corrected chi connectivity index (χ0v) is 12.5. The lowest BCUT2D eigenvalue weighted by Gasteiger charge is -2.15. The number of hydrogen-bond donors (Lipinski definition) is 1. The fraction of sp³-hybridized carbons (Fsp3) is 0.462. The number of nitrogens with one attached hydrogen (secondary N) is 1. The molecule has 0 atom stereocenters. The highest BCUT2D eigenvalue weighted by atomic mass is 32.2. The molecule has 2 rings (SSSR count). The van der Waals surface area contributed by atoms with Crippen LogP contribution in [-0.2, 0) is 14.8 Å². The van der Waals surface area contributed by atoms with Crippen molar-refractivity contribution in [1.82, 2.24) is 9.62 Å². The van der Waals surface area contributed by atoms with Crippen LogP contribution in [0.1, 0.15) is 12.8 Å². The molecule has 0 radical (unpaired) electrons. The van der Waals surface area contributed by atoms with Gasteiger partial charge in [-0.05, 0) is 31.0 Å². The van der Waals surface area contributed by atoms with Crippen LogP contribution >= 0.6 is 0 Å². The summed E-state index contributed by atoms with van der Waals surface area (Å²) in [4.78, 5) is 13.2. The van der Waals surface area contributed by atoms with E-state index in [1.54, 1.807) is 4.90 Å². The number of methoxy groups -OCH3 is 1. The number of rotatable bonds is 5. The predicted molar refractivity (Wildman–Crippen MR) is 74.0 cm³/mol. The molecule has 1 amide bonds. The molecule has 1 aromatic carbocycles. The molecular formula is C13H17FN2O4S. The van der Waals surface area contributed by atoms with E-state index >= 15 is 0 Å². The van der Waals surface area contributed by atoms with E-state index in [1.807, 2.05) is 0 Å². The minimum absolute atomic E-state index is 0.0397. The van der Waals surface area contributed by atoms with Crippen molar-refractivity contribution in [3.63, 3.8) is 0 Å². The lowest BCUT2D eigenvalue weighted by molar-refractivity contribution is -0.128. The molecule has 1 N–H and O–H groups in total. The highest BCUT2D eigenvalue weighted by molar-refractivity contribution is 7.89. The van der Waals surface area contributed by atoms with Crippen molar-refractivity contribution in [3.8, 4) is 5.75 Å². The summed E-state index contributed by atoms with van der Waals surface area (Å²) >= 11 is 0. The lowest BCUT2D eigenvalue weighted by Crippen LogP contribution is -2.38. The molecule has 0 spiro atoms. The Bertz CT molecular complexity index is 627. The maximum atomic E-state index is 13.5. The molecule has 1 aliphatic heterocycles. The van der Waals surface area contributed by atoms with Gasteiger partial charge in [0.1, 0.15) is 0 Å². The van der Waals surface area contributed by atoms with Gasteiger partial charge in [-0.3, -0.25) is 4.79 Å². The number of nitrogens with zero attached hydrogens (tertiary/aromatic N) is 1. The maximum Gasteiger partial charge on any atom is 0.241 e. The molecule has 6 nitrogen and oxygen atoms in total. The molecule has 0 unspecified atom stereocenters. The lowest BCUT2D eigenvalue weighted by atomic mass is 10.3. The smallest absolute Gasteiger partial charge is 0.241 e. The standard InChI is InChI=1S/C13H17FN2O4S/c1-20-12-5-4-10(8-11(12)14)21(18,19)15-9-13(17)16-6-2-3-7-16/h4-5,8,15H,2-3,6-7,9H2,1H3. The van der Waals surface area contributed by atoms with Crippen LogP contribution in [0.25, 0.3) is 0 Å². The molecule has 0 bridgehead atoms. The summed E-state index contributed by atoms with van der Waals surface area (Å²) in [6.07, 6.45) is 1.87. The van der Waals surface area contributed by atoms with Gasteiger partial charge in [0.25, 0.3) is 0 Å². The Labute approximate surface area is 122 Å². The number of carbonyl (C=O) groups is 1. The fourth-order valence-corrected chi connectivity index (χ4v) is 3.12. The van der Waals surface area contributed by atoms with Crippen LogP contribution in [-0.4, -0.2) is 46.0 Å². The highest BCUT2D eigenvalue weighted by Gasteiger charge is 2.21. The van der Waals surface area contributed by atoms with Crippen molar-refractivity contribution in [2.75, 3.05) is 26.7 Å². The highest BCUT2D eigenvalue weighted by Crippen LogP contribution is 2.20. The van der Waals surface area contributed by atoms with E-state index in [2.05, 4.69) is 4.72 Å². The molecule has 1 heterocycles. The third-order valence-corrected chi connectivity index (χ3v) is 4.70. The first kappa shape index (κ1) is 15.7. The Hall–Kier alpha value is -1.67. The Balaban J connectivity index is 2.04. The molecule has 1 saturated heterocycles. The van der Waals surface area contributed by atoms with Gasteiger partial charge in [-0.1, -0.05) is 0 Å². The minimum Gasteiger partial charge on any atom is -0.494 e. The van der Waals surface area contributed by atoms with E-state index in [1.165, 1.54) is 19.2 Å². The van der Waals surface area contributed by atoms with Crippen LogP contribution in [0.3, 0.4) is 0 Å². The number of likely N-dealkylation sites (tertiary alicyclic amines) is 1. The Kier molecular flexibility index (Phi) is 4.79. The molecule has 0 aliphatic carbocycles. The van der Waals surface area contributed by atoms with Gasteiger partial charge in [0.05, 0.1) is 18.6 Å². The predicted octanol–water partition coefficient (Wildman–Crippen LogP) is 0.735. The average molecular weight is 316 g/mol. The number of carbonyl (C=O) groups excluding carboxylic acids is 1. The van der Waals surface area contributed by atoms with Crippen LogP contribution in [0, 0.1) is 5.82 Å². The van der Waals surface area contributed by atoms with Gasteiger partial charge in [0.15, 0.2) is 11.6 Å². The van der Waals surface area contributed by atoms with Gasteiger partial charge in [-0.25, -0.2) is 17.5 Å². The summed E-state index contributed by atoms with van der Waals surface area (Å²) in [5.74, 6) is -1.08. The first-order valence-electron chi connectivity index (χ1n) is 6.55. The third-order valence-electron chi connectivity index (χ3n) is 3.31. The zero-order chi connectivity index (χ0) is 15.5. The summed E-state index contributed by atoms with van der Waals surface area (Å²) in [5.41, 5.74) is 0. The number of sulfonamides is 1. The van der Waals surface area contributed by atoms with Crippen LogP contribution in [0.4, 0.5) is 4.39 Å². The number of ether oxygens (including phenoxy) is 1. The average Bonchev–Trinajstić information content (AvgIpc) is 2.99. The summed E-state index contributed by atoms with van der Waals surface area (Å²) < 4.78 is 44.5. The second-order valence-corrected chi connectivity index (χ2v) is 6.48. The van der Waals surface area contributed by atoms with Crippen molar-refractivity contribution in [2.45, 2.75) is 17.7 Å². The maximum absolute atomic E-state index is 13.5. The van der Waals surface area contributed by atoms with Gasteiger partial charge in [-0.15, -0.1) is 0 Å². The van der Waals surface area contributed by atoms with Crippen molar-refractivity contribution >= 4 is 15.9 Å². The first-order chi connectivity index (χ1) is 9.94. The second kappa shape index (κ2) is 6.40. The van der Waals surface area contributed by atoms with Gasteiger partial charge < -0.3 is 9.64 Å². The second-order valence-electron chi connectivity index (χ2n) is 4.71. The van der Waals surface area contributed by atoms with Gasteiger partial charge in [0, 0.05) is 13.1 Å². The monoisotopic (exact) mass is 316 g/mol. The van der Waals surface area contributed by atoms with Crippen LogP contribution in [0.15, 0.2) is 23.1 Å². The fourth-order valence-electron chi connectivity index (χ4n) is 2.13. The van der Waals surface area contributed by atoms with E-state index in [4.69, 9.17) is 4.74 Å². The van der Waals surface area contributed by atoms with E-state index in [9.17, 15) is 17.6 Å². The zero-order valence-electron chi connectivity index (χ0n) is 11.6. The molecule has 0 aromatic heterocycles. The van der Waals surface area contributed by atoms with E-state index in [0.29, 0.717) is 13.1 Å². The molecule has 116 valence electrons. The van der Waals surface area contributed by atoms with Gasteiger partial charge in [-0.2, -0.15) is 0 Å². The molecule has 1 aromatic rings. The van der Waals surface area contributed by atoms with Gasteiger partial charge in [0.2, 0.25) is 15.9 Å². The summed E-state index contributed by atoms with van der Waals surface area (Å²) in [5, 5.41) is 0. The summed E-state index contributed by atoms with van der Waals surface area (Å²) in [6.45, 7) is 0.978. The van der Waals surface area contributed by atoms with Crippen molar-refractivity contribution in [2.24, 2.45) is 0 Å². The Morgan fingerprint density at radius 1 is 1.38 bits per heavy atom. The molecular weight excluding hydrogens is 299 g/mol. The Morgan fingerprint density at radius 2 is 2.05 bits per heavy atom. The molecule has 1 fully saturated rings. The van der Waals surface area contributed by atoms with Crippen LogP contribution in [0.2, 0.25) is 0 Å². The first-order valence-corrected chi connectivity index (χ1v) is 8.03. The third kappa shape index (κ3) is 3.70. The minimum atomic E-state index is -3.93. The van der Waals surface area contributed by atoms with Crippen LogP contribution in [0.5, 0.6) is 5.75 Å². The SMILES string of the molecule is COc1ccc(S(=O)(=O)NCC(=O)N2CCCC2)cc1F. The number of halogens is 1. The van der Waals surface area contributed by atoms with Crippen LogP contribution < -0.4 is 9.46 Å². The number of benzene rings is 1. The largest absolute Gasteiger partial charge is 0.494 e. The molecule has 0 saturated carbocycles. The molecule has 1 aliphatic rings. The quantitative estimate of drug-likeness (QED) is 0.869.